The zero-order chi connectivity index (χ0) is 13.3. The fourth-order valence-electron chi connectivity index (χ4n) is 1.71. The van der Waals surface area contributed by atoms with E-state index in [9.17, 15) is 9.90 Å². The summed E-state index contributed by atoms with van der Waals surface area (Å²) in [5.74, 6) is -0.0293. The van der Waals surface area contributed by atoms with E-state index in [1.165, 1.54) is 6.07 Å². The van der Waals surface area contributed by atoms with Crippen LogP contribution in [0.5, 0.6) is 5.75 Å². The lowest BCUT2D eigenvalue weighted by Gasteiger charge is -2.05. The molecule has 1 aromatic heterocycles. The second-order valence-electron chi connectivity index (χ2n) is 4.26. The van der Waals surface area contributed by atoms with Gasteiger partial charge in [0.05, 0.1) is 11.4 Å². The highest BCUT2D eigenvalue weighted by Gasteiger charge is 2.10. The summed E-state index contributed by atoms with van der Waals surface area (Å²) < 4.78 is 1.65. The number of aromatic hydroxyl groups is 1. The first-order valence-electron chi connectivity index (χ1n) is 5.58. The molecule has 1 aromatic carbocycles. The average molecular weight is 245 g/mol. The molecular formula is C13H15N3O2. The second-order valence-corrected chi connectivity index (χ2v) is 4.26. The van der Waals surface area contributed by atoms with Gasteiger partial charge in [0.25, 0.3) is 5.91 Å². The third-order valence-electron chi connectivity index (χ3n) is 2.72. The molecule has 0 aliphatic rings. The molecule has 5 nitrogen and oxygen atoms in total. The van der Waals surface area contributed by atoms with Gasteiger partial charge in [-0.3, -0.25) is 9.48 Å². The summed E-state index contributed by atoms with van der Waals surface area (Å²) in [6.45, 7) is 3.58. The van der Waals surface area contributed by atoms with Gasteiger partial charge in [-0.2, -0.15) is 5.10 Å². The summed E-state index contributed by atoms with van der Waals surface area (Å²) in [5.41, 5.74) is 2.63. The molecule has 2 rings (SSSR count). The largest absolute Gasteiger partial charge is 0.508 e. The molecule has 0 radical (unpaired) electrons. The summed E-state index contributed by atoms with van der Waals surface area (Å²) in [7, 11) is 1.80. The van der Waals surface area contributed by atoms with E-state index in [0.717, 1.165) is 5.69 Å². The quantitative estimate of drug-likeness (QED) is 0.850. The molecule has 0 spiro atoms. The maximum absolute atomic E-state index is 12.0. The van der Waals surface area contributed by atoms with Crippen LogP contribution in [-0.2, 0) is 7.05 Å². The number of benzene rings is 1. The Morgan fingerprint density at radius 1 is 1.39 bits per heavy atom. The van der Waals surface area contributed by atoms with E-state index in [2.05, 4.69) is 10.4 Å². The molecule has 0 saturated heterocycles. The van der Waals surface area contributed by atoms with Gasteiger partial charge in [-0.25, -0.2) is 0 Å². The fraction of sp³-hybridized carbons (Fsp3) is 0.231. The molecule has 18 heavy (non-hydrogen) atoms. The van der Waals surface area contributed by atoms with Gasteiger partial charge < -0.3 is 10.4 Å². The van der Waals surface area contributed by atoms with Crippen LogP contribution in [0.25, 0.3) is 0 Å². The molecule has 0 fully saturated rings. The first kappa shape index (κ1) is 12.2. The normalized spacial score (nSPS) is 10.4. The first-order valence-corrected chi connectivity index (χ1v) is 5.58. The van der Waals surface area contributed by atoms with Crippen molar-refractivity contribution in [1.29, 1.82) is 0 Å². The number of carbonyl (C=O) groups is 1. The Bertz CT molecular complexity index is 602. The van der Waals surface area contributed by atoms with Crippen molar-refractivity contribution in [2.45, 2.75) is 13.8 Å². The maximum atomic E-state index is 12.0. The van der Waals surface area contributed by atoms with Crippen LogP contribution in [0.1, 0.15) is 21.6 Å². The molecule has 5 heteroatoms. The zero-order valence-electron chi connectivity index (χ0n) is 10.6. The Morgan fingerprint density at radius 2 is 2.11 bits per heavy atom. The Morgan fingerprint density at radius 3 is 2.67 bits per heavy atom. The Kier molecular flexibility index (Phi) is 3.06. The Hall–Kier alpha value is -2.30. The minimum absolute atomic E-state index is 0.184. The van der Waals surface area contributed by atoms with Crippen molar-refractivity contribution < 1.29 is 9.90 Å². The molecule has 2 N–H and O–H groups in total. The molecule has 0 aliphatic heterocycles. The minimum atomic E-state index is -0.214. The lowest BCUT2D eigenvalue weighted by molar-refractivity contribution is 0.102. The number of rotatable bonds is 2. The minimum Gasteiger partial charge on any atom is -0.508 e. The van der Waals surface area contributed by atoms with Crippen LogP contribution in [0.2, 0.25) is 0 Å². The number of hydrogen-bond donors (Lipinski definition) is 2. The number of hydrogen-bond acceptors (Lipinski definition) is 3. The summed E-state index contributed by atoms with van der Waals surface area (Å²) in [4.78, 5) is 12.0. The van der Waals surface area contributed by atoms with Crippen LogP contribution in [-0.4, -0.2) is 20.8 Å². The lowest BCUT2D eigenvalue weighted by Crippen LogP contribution is -2.12. The van der Waals surface area contributed by atoms with Gasteiger partial charge in [-0.15, -0.1) is 0 Å². The van der Waals surface area contributed by atoms with Crippen LogP contribution < -0.4 is 5.32 Å². The van der Waals surface area contributed by atoms with Crippen LogP contribution in [0.15, 0.2) is 24.4 Å². The second kappa shape index (κ2) is 4.52. The van der Waals surface area contributed by atoms with Crippen LogP contribution in [0.3, 0.4) is 0 Å². The van der Waals surface area contributed by atoms with E-state index in [1.54, 1.807) is 37.0 Å². The van der Waals surface area contributed by atoms with Gasteiger partial charge in [0.15, 0.2) is 0 Å². The highest BCUT2D eigenvalue weighted by molar-refractivity contribution is 6.04. The SMILES string of the molecule is Cc1cc(C(=O)Nc2cn(C)nc2C)ccc1O. The number of nitrogens with one attached hydrogen (secondary N) is 1. The van der Waals surface area contributed by atoms with E-state index < -0.39 is 0 Å². The summed E-state index contributed by atoms with van der Waals surface area (Å²) in [5, 5.41) is 16.4. The summed E-state index contributed by atoms with van der Waals surface area (Å²) in [6, 6.07) is 4.75. The number of amides is 1. The molecule has 0 unspecified atom stereocenters. The molecule has 0 bridgehead atoms. The number of phenolic OH excluding ortho intramolecular Hbond substituents is 1. The highest BCUT2D eigenvalue weighted by Crippen LogP contribution is 2.18. The molecular weight excluding hydrogens is 230 g/mol. The van der Waals surface area contributed by atoms with Crippen molar-refractivity contribution in [2.75, 3.05) is 5.32 Å². The van der Waals surface area contributed by atoms with Crippen molar-refractivity contribution in [3.05, 3.63) is 41.2 Å². The predicted octanol–water partition coefficient (Wildman–Crippen LogP) is 1.99. The highest BCUT2D eigenvalue weighted by atomic mass is 16.3. The van der Waals surface area contributed by atoms with Gasteiger partial charge in [0, 0.05) is 18.8 Å². The monoisotopic (exact) mass is 245 g/mol. The van der Waals surface area contributed by atoms with Crippen LogP contribution in [0.4, 0.5) is 5.69 Å². The van der Waals surface area contributed by atoms with E-state index in [-0.39, 0.29) is 11.7 Å². The molecule has 1 amide bonds. The van der Waals surface area contributed by atoms with E-state index in [0.29, 0.717) is 16.8 Å². The van der Waals surface area contributed by atoms with Crippen molar-refractivity contribution in [3.63, 3.8) is 0 Å². The van der Waals surface area contributed by atoms with Crippen LogP contribution >= 0.6 is 0 Å². The van der Waals surface area contributed by atoms with E-state index in [1.807, 2.05) is 6.92 Å². The van der Waals surface area contributed by atoms with E-state index in [4.69, 9.17) is 0 Å². The van der Waals surface area contributed by atoms with Gasteiger partial charge in [-0.05, 0) is 37.6 Å². The predicted molar refractivity (Wildman–Crippen MR) is 68.7 cm³/mol. The molecule has 0 atom stereocenters. The smallest absolute Gasteiger partial charge is 0.255 e. The lowest BCUT2D eigenvalue weighted by atomic mass is 10.1. The van der Waals surface area contributed by atoms with Gasteiger partial charge in [0.2, 0.25) is 0 Å². The molecule has 0 aliphatic carbocycles. The standard InChI is InChI=1S/C13H15N3O2/c1-8-6-10(4-5-12(8)17)13(18)14-11-7-16(3)15-9(11)2/h4-7,17H,1-3H3,(H,14,18). The molecule has 94 valence electrons. The van der Waals surface area contributed by atoms with E-state index >= 15 is 0 Å². The third-order valence-corrected chi connectivity index (χ3v) is 2.72. The van der Waals surface area contributed by atoms with Gasteiger partial charge >= 0.3 is 0 Å². The zero-order valence-corrected chi connectivity index (χ0v) is 10.6. The molecule has 0 saturated carbocycles. The van der Waals surface area contributed by atoms with Crippen LogP contribution in [0, 0.1) is 13.8 Å². The fourth-order valence-corrected chi connectivity index (χ4v) is 1.71. The summed E-state index contributed by atoms with van der Waals surface area (Å²) >= 11 is 0. The van der Waals surface area contributed by atoms with Crippen molar-refractivity contribution in [2.24, 2.45) is 7.05 Å². The molecule has 2 aromatic rings. The Labute approximate surface area is 105 Å². The third kappa shape index (κ3) is 2.34. The average Bonchev–Trinajstić information content (AvgIpc) is 2.61. The van der Waals surface area contributed by atoms with Crippen molar-refractivity contribution in [3.8, 4) is 5.75 Å². The Balaban J connectivity index is 2.22. The molecule has 1 heterocycles. The number of phenols is 1. The summed E-state index contributed by atoms with van der Waals surface area (Å²) in [6.07, 6.45) is 1.75. The first-order chi connectivity index (χ1) is 8.47. The number of carbonyl (C=O) groups excluding carboxylic acids is 1. The number of nitrogens with zero attached hydrogens (tertiary/aromatic N) is 2. The van der Waals surface area contributed by atoms with Crippen molar-refractivity contribution in [1.82, 2.24) is 9.78 Å². The topological polar surface area (TPSA) is 67.2 Å². The number of aryl methyl sites for hydroxylation is 3. The van der Waals surface area contributed by atoms with Gasteiger partial charge in [0.1, 0.15) is 5.75 Å². The number of anilines is 1. The maximum Gasteiger partial charge on any atom is 0.255 e. The van der Waals surface area contributed by atoms with Crippen molar-refractivity contribution >= 4 is 11.6 Å². The number of aromatic nitrogens is 2. The van der Waals surface area contributed by atoms with Gasteiger partial charge in [-0.1, -0.05) is 0 Å².